The summed E-state index contributed by atoms with van der Waals surface area (Å²) in [4.78, 5) is 0. The minimum atomic E-state index is -0.123. The van der Waals surface area contributed by atoms with Crippen LogP contribution in [0.15, 0.2) is 91.0 Å². The third kappa shape index (κ3) is 3.64. The lowest BCUT2D eigenvalue weighted by Crippen LogP contribution is -2.26. The first-order valence-electron chi connectivity index (χ1n) is 9.71. The highest BCUT2D eigenvalue weighted by atomic mass is 16.3. The van der Waals surface area contributed by atoms with Crippen molar-refractivity contribution >= 4 is 10.8 Å². The first-order valence-corrected chi connectivity index (χ1v) is 9.71. The van der Waals surface area contributed by atoms with Gasteiger partial charge in [0.1, 0.15) is 5.75 Å². The Kier molecular flexibility index (Phi) is 5.14. The highest BCUT2D eigenvalue weighted by Crippen LogP contribution is 2.37. The molecule has 4 rings (SSSR count). The number of benzene rings is 4. The number of phenols is 1. The van der Waals surface area contributed by atoms with Crippen LogP contribution in [0.1, 0.15) is 41.3 Å². The Morgan fingerprint density at radius 2 is 1.39 bits per heavy atom. The first-order chi connectivity index (χ1) is 13.6. The molecule has 140 valence electrons. The third-order valence-electron chi connectivity index (χ3n) is 5.36. The van der Waals surface area contributed by atoms with Gasteiger partial charge in [0.25, 0.3) is 0 Å². The van der Waals surface area contributed by atoms with Crippen LogP contribution in [-0.4, -0.2) is 5.11 Å². The predicted octanol–water partition coefficient (Wildman–Crippen LogP) is 6.29. The van der Waals surface area contributed by atoms with Crippen LogP contribution in [-0.2, 0) is 0 Å². The van der Waals surface area contributed by atoms with Crippen molar-refractivity contribution in [2.45, 2.75) is 25.9 Å². The average molecular weight is 367 g/mol. The summed E-state index contributed by atoms with van der Waals surface area (Å²) >= 11 is 0. The largest absolute Gasteiger partial charge is 0.508 e. The van der Waals surface area contributed by atoms with Crippen molar-refractivity contribution < 1.29 is 5.11 Å². The van der Waals surface area contributed by atoms with E-state index in [0.717, 1.165) is 21.9 Å². The maximum absolute atomic E-state index is 10.8. The smallest absolute Gasteiger partial charge is 0.121 e. The molecule has 0 fully saturated rings. The maximum Gasteiger partial charge on any atom is 0.121 e. The van der Waals surface area contributed by atoms with E-state index >= 15 is 0 Å². The molecule has 0 radical (unpaired) electrons. The van der Waals surface area contributed by atoms with Gasteiger partial charge in [-0.2, -0.15) is 0 Å². The lowest BCUT2D eigenvalue weighted by molar-refractivity contribution is 0.449. The molecule has 0 saturated heterocycles. The second kappa shape index (κ2) is 7.87. The molecule has 2 heteroatoms. The Bertz CT molecular complexity index is 1070. The van der Waals surface area contributed by atoms with E-state index in [1.807, 2.05) is 24.3 Å². The van der Waals surface area contributed by atoms with E-state index in [9.17, 15) is 5.11 Å². The van der Waals surface area contributed by atoms with Gasteiger partial charge in [-0.3, -0.25) is 5.32 Å². The van der Waals surface area contributed by atoms with E-state index in [2.05, 4.69) is 79.8 Å². The van der Waals surface area contributed by atoms with Gasteiger partial charge in [-0.05, 0) is 41.8 Å². The standard InChI is InChI=1S/C26H25NO/c1-18-12-14-22(15-13-18)26(27-19(2)20-8-4-3-5-9-20)25-23-11-7-6-10-21(23)16-17-24(25)28/h3-17,19,26-28H,1-2H3/t19-,26-/m1/s1. The Balaban J connectivity index is 1.84. The second-order valence-corrected chi connectivity index (χ2v) is 7.36. The van der Waals surface area contributed by atoms with Crippen LogP contribution in [0.25, 0.3) is 10.8 Å². The fourth-order valence-corrected chi connectivity index (χ4v) is 3.78. The molecule has 4 aromatic carbocycles. The van der Waals surface area contributed by atoms with Crippen LogP contribution in [0.5, 0.6) is 5.75 Å². The normalized spacial score (nSPS) is 13.4. The zero-order valence-electron chi connectivity index (χ0n) is 16.3. The molecule has 2 nitrogen and oxygen atoms in total. The molecule has 4 aromatic rings. The molecular formula is C26H25NO. The molecular weight excluding hydrogens is 342 g/mol. The number of rotatable bonds is 5. The fraction of sp³-hybridized carbons (Fsp3) is 0.154. The Morgan fingerprint density at radius 1 is 0.714 bits per heavy atom. The van der Waals surface area contributed by atoms with Crippen LogP contribution < -0.4 is 5.32 Å². The Labute approximate surface area is 166 Å². The van der Waals surface area contributed by atoms with Crippen LogP contribution in [0.2, 0.25) is 0 Å². The van der Waals surface area contributed by atoms with Gasteiger partial charge in [-0.25, -0.2) is 0 Å². The molecule has 0 aliphatic heterocycles. The molecule has 2 N–H and O–H groups in total. The van der Waals surface area contributed by atoms with E-state index in [1.54, 1.807) is 6.07 Å². The van der Waals surface area contributed by atoms with Crippen molar-refractivity contribution in [3.63, 3.8) is 0 Å². The average Bonchev–Trinajstić information content (AvgIpc) is 2.73. The molecule has 0 unspecified atom stereocenters. The number of fused-ring (bicyclic) bond motifs is 1. The monoisotopic (exact) mass is 367 g/mol. The molecule has 0 aromatic heterocycles. The topological polar surface area (TPSA) is 32.3 Å². The van der Waals surface area contributed by atoms with Crippen molar-refractivity contribution in [1.29, 1.82) is 0 Å². The van der Waals surface area contributed by atoms with Crippen molar-refractivity contribution in [3.05, 3.63) is 113 Å². The number of phenolic OH excluding ortho intramolecular Hbond substituents is 1. The Morgan fingerprint density at radius 3 is 2.14 bits per heavy atom. The van der Waals surface area contributed by atoms with Gasteiger partial charge in [-0.1, -0.05) is 90.5 Å². The molecule has 0 heterocycles. The summed E-state index contributed by atoms with van der Waals surface area (Å²) in [5, 5.41) is 16.8. The van der Waals surface area contributed by atoms with Crippen molar-refractivity contribution in [2.24, 2.45) is 0 Å². The maximum atomic E-state index is 10.8. The van der Waals surface area contributed by atoms with E-state index < -0.39 is 0 Å². The van der Waals surface area contributed by atoms with Gasteiger partial charge in [0.2, 0.25) is 0 Å². The summed E-state index contributed by atoms with van der Waals surface area (Å²) in [5.74, 6) is 0.317. The lowest BCUT2D eigenvalue weighted by Gasteiger charge is -2.26. The van der Waals surface area contributed by atoms with Gasteiger partial charge in [0, 0.05) is 11.6 Å². The fourth-order valence-electron chi connectivity index (χ4n) is 3.78. The van der Waals surface area contributed by atoms with E-state index in [4.69, 9.17) is 0 Å². The summed E-state index contributed by atoms with van der Waals surface area (Å²) in [7, 11) is 0. The zero-order valence-corrected chi connectivity index (χ0v) is 16.3. The van der Waals surface area contributed by atoms with Gasteiger partial charge in [0.05, 0.1) is 6.04 Å². The SMILES string of the molecule is Cc1ccc([C@@H](N[C@H](C)c2ccccc2)c2c(O)ccc3ccccc23)cc1. The lowest BCUT2D eigenvalue weighted by atomic mass is 9.91. The summed E-state index contributed by atoms with van der Waals surface area (Å²) < 4.78 is 0. The molecule has 28 heavy (non-hydrogen) atoms. The summed E-state index contributed by atoms with van der Waals surface area (Å²) in [6, 6.07) is 31.0. The summed E-state index contributed by atoms with van der Waals surface area (Å²) in [5.41, 5.74) is 4.50. The molecule has 2 atom stereocenters. The Hall–Kier alpha value is -3.10. The van der Waals surface area contributed by atoms with E-state index in [1.165, 1.54) is 11.1 Å². The van der Waals surface area contributed by atoms with Gasteiger partial charge in [0.15, 0.2) is 0 Å². The van der Waals surface area contributed by atoms with Crippen LogP contribution in [0.3, 0.4) is 0 Å². The number of hydrogen-bond donors (Lipinski definition) is 2. The molecule has 0 amide bonds. The van der Waals surface area contributed by atoms with Gasteiger partial charge >= 0.3 is 0 Å². The summed E-state index contributed by atoms with van der Waals surface area (Å²) in [6.07, 6.45) is 0. The zero-order chi connectivity index (χ0) is 19.5. The van der Waals surface area contributed by atoms with Gasteiger partial charge < -0.3 is 5.11 Å². The quantitative estimate of drug-likeness (QED) is 0.434. The minimum Gasteiger partial charge on any atom is -0.508 e. The van der Waals surface area contributed by atoms with Crippen LogP contribution in [0, 0.1) is 6.92 Å². The minimum absolute atomic E-state index is 0.123. The third-order valence-corrected chi connectivity index (χ3v) is 5.36. The van der Waals surface area contributed by atoms with Gasteiger partial charge in [-0.15, -0.1) is 0 Å². The molecule has 0 saturated carbocycles. The summed E-state index contributed by atoms with van der Waals surface area (Å²) in [6.45, 7) is 4.26. The number of aromatic hydroxyl groups is 1. The molecule has 0 aliphatic rings. The van der Waals surface area contributed by atoms with Crippen molar-refractivity contribution in [1.82, 2.24) is 5.32 Å². The highest BCUT2D eigenvalue weighted by Gasteiger charge is 2.22. The molecule has 0 aliphatic carbocycles. The molecule has 0 bridgehead atoms. The van der Waals surface area contributed by atoms with Crippen LogP contribution >= 0.6 is 0 Å². The van der Waals surface area contributed by atoms with Crippen molar-refractivity contribution in [2.75, 3.05) is 0 Å². The van der Waals surface area contributed by atoms with Crippen molar-refractivity contribution in [3.8, 4) is 5.75 Å². The highest BCUT2D eigenvalue weighted by molar-refractivity contribution is 5.88. The van der Waals surface area contributed by atoms with E-state index in [0.29, 0.717) is 5.75 Å². The number of nitrogens with one attached hydrogen (secondary N) is 1. The first kappa shape index (κ1) is 18.3. The van der Waals surface area contributed by atoms with E-state index in [-0.39, 0.29) is 12.1 Å². The number of aryl methyl sites for hydroxylation is 1. The molecule has 0 spiro atoms. The number of hydrogen-bond acceptors (Lipinski definition) is 2. The second-order valence-electron chi connectivity index (χ2n) is 7.36. The predicted molar refractivity (Wildman–Crippen MR) is 117 cm³/mol. The van der Waals surface area contributed by atoms with Crippen LogP contribution in [0.4, 0.5) is 0 Å².